The molecule has 6 nitrogen and oxygen atoms in total. The fraction of sp³-hybridized carbons (Fsp3) is 0.303. The molecule has 43 heavy (non-hydrogen) atoms. The van der Waals surface area contributed by atoms with Crippen molar-refractivity contribution >= 4 is 68.1 Å². The second-order valence-corrected chi connectivity index (χ2v) is 15.4. The molecule has 1 aromatic heterocycles. The quantitative estimate of drug-likeness (QED) is 0.220. The number of carbonyl (C=O) groups excluding carboxylic acids is 2. The average Bonchev–Trinajstić information content (AvgIpc) is 3.72. The number of rotatable bonds is 5. The minimum atomic E-state index is -0.377. The Morgan fingerprint density at radius 2 is 1.74 bits per heavy atom. The second kappa shape index (κ2) is 10.4. The second-order valence-electron chi connectivity index (χ2n) is 11.8. The SMILES string of the molecule is Cc1ccccc1COc1ccc(Cl)cc1[C@H]1c2sc(=O)[nH]c2SC2C3CC(C4C(=O)N(c5ccc(Br)cc5)C(=O)C34)C21. The van der Waals surface area contributed by atoms with E-state index >= 15 is 0 Å². The average molecular weight is 694 g/mol. The van der Waals surface area contributed by atoms with Crippen molar-refractivity contribution in [3.63, 3.8) is 0 Å². The van der Waals surface area contributed by atoms with E-state index in [0.717, 1.165) is 43.2 Å². The molecule has 1 saturated heterocycles. The molecule has 8 rings (SSSR count). The third-order valence-corrected chi connectivity index (χ3v) is 13.1. The highest BCUT2D eigenvalue weighted by molar-refractivity contribution is 9.10. The Labute approximate surface area is 269 Å². The van der Waals surface area contributed by atoms with Gasteiger partial charge in [0.2, 0.25) is 11.8 Å². The first-order valence-corrected chi connectivity index (χ1v) is 17.2. The molecule has 3 fully saturated rings. The van der Waals surface area contributed by atoms with Crippen LogP contribution in [0.4, 0.5) is 5.69 Å². The maximum Gasteiger partial charge on any atom is 0.305 e. The number of fused-ring (bicyclic) bond motifs is 9. The molecule has 10 heteroatoms. The summed E-state index contributed by atoms with van der Waals surface area (Å²) >= 11 is 13.0. The Morgan fingerprint density at radius 3 is 2.51 bits per heavy atom. The molecule has 2 amide bonds. The lowest BCUT2D eigenvalue weighted by Crippen LogP contribution is -2.42. The van der Waals surface area contributed by atoms with E-state index < -0.39 is 0 Å². The van der Waals surface area contributed by atoms with E-state index in [1.165, 1.54) is 16.2 Å². The first-order chi connectivity index (χ1) is 20.8. The van der Waals surface area contributed by atoms with Crippen molar-refractivity contribution in [2.24, 2.45) is 29.6 Å². The summed E-state index contributed by atoms with van der Waals surface area (Å²) in [5.74, 6) is -0.305. The Hall–Kier alpha value is -2.85. The third-order valence-electron chi connectivity index (χ3n) is 9.76. The molecule has 4 aromatic rings. The van der Waals surface area contributed by atoms with Crippen LogP contribution in [0.25, 0.3) is 0 Å². The molecule has 2 saturated carbocycles. The van der Waals surface area contributed by atoms with E-state index in [0.29, 0.717) is 17.3 Å². The lowest BCUT2D eigenvalue weighted by Gasteiger charge is -2.43. The summed E-state index contributed by atoms with van der Waals surface area (Å²) in [6, 6.07) is 21.2. The molecule has 0 spiro atoms. The summed E-state index contributed by atoms with van der Waals surface area (Å²) < 4.78 is 7.38. The lowest BCUT2D eigenvalue weighted by atomic mass is 9.68. The van der Waals surface area contributed by atoms with Crippen LogP contribution in [-0.2, 0) is 16.2 Å². The van der Waals surface area contributed by atoms with Gasteiger partial charge in [0, 0.05) is 31.1 Å². The molecule has 218 valence electrons. The van der Waals surface area contributed by atoms with Crippen LogP contribution < -0.4 is 14.5 Å². The van der Waals surface area contributed by atoms with Gasteiger partial charge in [-0.05, 0) is 84.7 Å². The number of benzene rings is 3. The number of thioether (sulfide) groups is 1. The van der Waals surface area contributed by atoms with Crippen LogP contribution in [0, 0.1) is 36.5 Å². The molecular formula is C33H26BrClN2O4S2. The fourth-order valence-electron chi connectivity index (χ4n) is 8.03. The molecular weight excluding hydrogens is 668 g/mol. The van der Waals surface area contributed by atoms with Crippen molar-refractivity contribution in [1.82, 2.24) is 4.98 Å². The van der Waals surface area contributed by atoms with Crippen molar-refractivity contribution < 1.29 is 14.3 Å². The number of ether oxygens (including phenoxy) is 1. The number of aromatic nitrogens is 1. The molecule has 7 atom stereocenters. The molecule has 4 aliphatic rings. The number of halogens is 2. The molecule has 3 aromatic carbocycles. The number of nitrogens with zero attached hydrogens (tertiary/aromatic N) is 1. The van der Waals surface area contributed by atoms with E-state index in [9.17, 15) is 14.4 Å². The minimum absolute atomic E-state index is 0.00273. The van der Waals surface area contributed by atoms with Gasteiger partial charge < -0.3 is 9.72 Å². The Bertz CT molecular complexity index is 1860. The molecule has 2 aliphatic heterocycles. The summed E-state index contributed by atoms with van der Waals surface area (Å²) in [7, 11) is 0. The number of imide groups is 1. The zero-order chi connectivity index (χ0) is 29.6. The topological polar surface area (TPSA) is 79.5 Å². The number of aromatic amines is 1. The predicted molar refractivity (Wildman–Crippen MR) is 172 cm³/mol. The van der Waals surface area contributed by atoms with Gasteiger partial charge >= 0.3 is 4.87 Å². The number of carbonyl (C=O) groups is 2. The van der Waals surface area contributed by atoms with Crippen LogP contribution in [0.15, 0.2) is 81.0 Å². The third kappa shape index (κ3) is 4.30. The van der Waals surface area contributed by atoms with E-state index in [2.05, 4.69) is 40.0 Å². The fourth-order valence-corrected chi connectivity index (χ4v) is 11.4. The number of hydrogen-bond donors (Lipinski definition) is 1. The number of aryl methyl sites for hydroxylation is 1. The molecule has 3 heterocycles. The monoisotopic (exact) mass is 692 g/mol. The van der Waals surface area contributed by atoms with Crippen molar-refractivity contribution in [2.75, 3.05) is 4.90 Å². The highest BCUT2D eigenvalue weighted by atomic mass is 79.9. The van der Waals surface area contributed by atoms with E-state index in [1.807, 2.05) is 54.6 Å². The van der Waals surface area contributed by atoms with Gasteiger partial charge in [0.25, 0.3) is 0 Å². The molecule has 2 bridgehead atoms. The normalized spacial score (nSPS) is 28.6. The molecule has 1 N–H and O–H groups in total. The molecule has 2 aliphatic carbocycles. The Kier molecular flexibility index (Phi) is 6.67. The minimum Gasteiger partial charge on any atom is -0.489 e. The van der Waals surface area contributed by atoms with Crippen LogP contribution in [0.3, 0.4) is 0 Å². The molecule has 6 unspecified atom stereocenters. The van der Waals surface area contributed by atoms with Crippen LogP contribution >= 0.6 is 50.6 Å². The van der Waals surface area contributed by atoms with Gasteiger partial charge in [0.1, 0.15) is 12.4 Å². The zero-order valence-corrected chi connectivity index (χ0v) is 26.9. The van der Waals surface area contributed by atoms with E-state index in [-0.39, 0.29) is 57.4 Å². The van der Waals surface area contributed by atoms with Crippen molar-refractivity contribution in [3.05, 3.63) is 107 Å². The first-order valence-electron chi connectivity index (χ1n) is 14.3. The van der Waals surface area contributed by atoms with Crippen LogP contribution in [-0.4, -0.2) is 22.0 Å². The number of H-pyrrole nitrogens is 1. The first kappa shape index (κ1) is 27.7. The van der Waals surface area contributed by atoms with E-state index in [4.69, 9.17) is 16.3 Å². The lowest BCUT2D eigenvalue weighted by molar-refractivity contribution is -0.123. The molecule has 0 radical (unpaired) electrons. The van der Waals surface area contributed by atoms with Crippen LogP contribution in [0.1, 0.15) is 33.9 Å². The Balaban J connectivity index is 1.20. The van der Waals surface area contributed by atoms with Crippen molar-refractivity contribution in [2.45, 2.75) is 36.1 Å². The highest BCUT2D eigenvalue weighted by Crippen LogP contribution is 2.69. The number of anilines is 1. The van der Waals surface area contributed by atoms with Gasteiger partial charge in [-0.2, -0.15) is 0 Å². The number of amides is 2. The zero-order valence-electron chi connectivity index (χ0n) is 23.0. The van der Waals surface area contributed by atoms with Gasteiger partial charge in [0.05, 0.1) is 22.5 Å². The van der Waals surface area contributed by atoms with Gasteiger partial charge in [-0.25, -0.2) is 0 Å². The number of thiazole rings is 1. The van der Waals surface area contributed by atoms with Crippen LogP contribution in [0.5, 0.6) is 5.75 Å². The van der Waals surface area contributed by atoms with Crippen molar-refractivity contribution in [1.29, 1.82) is 0 Å². The summed E-state index contributed by atoms with van der Waals surface area (Å²) in [6.07, 6.45) is 0.818. The Morgan fingerprint density at radius 1 is 1.00 bits per heavy atom. The smallest absolute Gasteiger partial charge is 0.305 e. The summed E-state index contributed by atoms with van der Waals surface area (Å²) in [5.41, 5.74) is 3.79. The summed E-state index contributed by atoms with van der Waals surface area (Å²) in [6.45, 7) is 2.47. The maximum absolute atomic E-state index is 14.0. The predicted octanol–water partition coefficient (Wildman–Crippen LogP) is 7.42. The number of nitrogens with one attached hydrogen (secondary N) is 1. The summed E-state index contributed by atoms with van der Waals surface area (Å²) in [4.78, 5) is 46.0. The maximum atomic E-state index is 14.0. The van der Waals surface area contributed by atoms with Crippen LogP contribution in [0.2, 0.25) is 5.02 Å². The summed E-state index contributed by atoms with van der Waals surface area (Å²) in [5, 5.41) is 1.53. The largest absolute Gasteiger partial charge is 0.489 e. The van der Waals surface area contributed by atoms with E-state index in [1.54, 1.807) is 11.8 Å². The highest BCUT2D eigenvalue weighted by Gasteiger charge is 2.69. The van der Waals surface area contributed by atoms with Gasteiger partial charge in [-0.1, -0.05) is 63.1 Å². The standard InChI is InChI=1S/C33H26BrClN2O4S2/c1-15-4-2-3-5-16(15)14-41-23-11-8-18(35)12-20(23)24-25-21-13-22(28(25)42-30-29(24)43-33(40)36-30)27-26(21)31(38)37(32(27)39)19-9-6-17(34)7-10-19/h2-12,21-22,24-28H,13-14H2,1H3,(H,36,40)/t21?,22?,24-,25?,26?,27?,28?/m1/s1. The van der Waals surface area contributed by atoms with Gasteiger partial charge in [-0.15, -0.1) is 11.8 Å². The van der Waals surface area contributed by atoms with Gasteiger partial charge in [0.15, 0.2) is 0 Å². The van der Waals surface area contributed by atoms with Crippen molar-refractivity contribution in [3.8, 4) is 5.75 Å². The van der Waals surface area contributed by atoms with Gasteiger partial charge in [-0.3, -0.25) is 19.3 Å². The number of hydrogen-bond acceptors (Lipinski definition) is 6.